The van der Waals surface area contributed by atoms with Crippen LogP contribution in [0.5, 0.6) is 0 Å². The van der Waals surface area contributed by atoms with Crippen molar-refractivity contribution in [3.05, 3.63) is 28.2 Å². The van der Waals surface area contributed by atoms with Crippen LogP contribution < -0.4 is 5.32 Å². The number of rotatable bonds is 4. The molecule has 2 aliphatic rings. The fourth-order valence-electron chi connectivity index (χ4n) is 2.98. The van der Waals surface area contributed by atoms with Gasteiger partial charge in [0.1, 0.15) is 5.01 Å². The second-order valence-corrected chi connectivity index (χ2v) is 6.00. The summed E-state index contributed by atoms with van der Waals surface area (Å²) >= 11 is 1.76. The molecule has 2 nitrogen and oxygen atoms in total. The molecule has 2 bridgehead atoms. The van der Waals surface area contributed by atoms with Crippen LogP contribution in [0.25, 0.3) is 0 Å². The van der Waals surface area contributed by atoms with E-state index in [0.717, 1.165) is 36.5 Å². The summed E-state index contributed by atoms with van der Waals surface area (Å²) in [6, 6.07) is 0. The average Bonchev–Trinajstić information content (AvgIpc) is 2.94. The summed E-state index contributed by atoms with van der Waals surface area (Å²) in [6.07, 6.45) is 7.63. The number of nitrogens with zero attached hydrogens (tertiary/aromatic N) is 1. The molecule has 0 spiro atoms. The Labute approximate surface area is 101 Å². The number of aryl methyl sites for hydroxylation is 1. The van der Waals surface area contributed by atoms with E-state index in [2.05, 4.69) is 34.8 Å². The van der Waals surface area contributed by atoms with Gasteiger partial charge < -0.3 is 5.32 Å². The highest BCUT2D eigenvalue weighted by molar-refractivity contribution is 7.09. The summed E-state index contributed by atoms with van der Waals surface area (Å²) in [6.45, 7) is 4.15. The van der Waals surface area contributed by atoms with Crippen molar-refractivity contribution in [2.45, 2.75) is 26.3 Å². The lowest BCUT2D eigenvalue weighted by molar-refractivity contribution is 0.414. The van der Waals surface area contributed by atoms with E-state index in [-0.39, 0.29) is 0 Å². The van der Waals surface area contributed by atoms with Crippen LogP contribution in [-0.2, 0) is 6.54 Å². The molecule has 16 heavy (non-hydrogen) atoms. The van der Waals surface area contributed by atoms with Gasteiger partial charge in [-0.15, -0.1) is 11.3 Å². The lowest BCUT2D eigenvalue weighted by Gasteiger charge is -2.17. The maximum absolute atomic E-state index is 4.46. The largest absolute Gasteiger partial charge is 0.310 e. The zero-order valence-electron chi connectivity index (χ0n) is 9.65. The summed E-state index contributed by atoms with van der Waals surface area (Å²) in [4.78, 5) is 4.46. The Kier molecular flexibility index (Phi) is 2.82. The molecule has 1 aromatic heterocycles. The van der Waals surface area contributed by atoms with Crippen LogP contribution in [0.15, 0.2) is 17.5 Å². The van der Waals surface area contributed by atoms with Crippen molar-refractivity contribution in [3.63, 3.8) is 0 Å². The molecule has 1 heterocycles. The molecule has 0 aromatic carbocycles. The average molecular weight is 234 g/mol. The summed E-state index contributed by atoms with van der Waals surface area (Å²) in [5.74, 6) is 2.62. The van der Waals surface area contributed by atoms with Gasteiger partial charge >= 0.3 is 0 Å². The molecule has 1 aromatic rings. The standard InChI is InChI=1S/C13H18N2S/c1-9-8-16-13(15-9)7-14-6-12-5-10-2-3-11(12)4-10/h2-3,8,10-12,14H,4-7H2,1H3. The van der Waals surface area contributed by atoms with Gasteiger partial charge in [0.2, 0.25) is 0 Å². The van der Waals surface area contributed by atoms with E-state index in [0.29, 0.717) is 0 Å². The first-order valence-electron chi connectivity index (χ1n) is 6.11. The molecule has 1 saturated carbocycles. The number of aromatic nitrogens is 1. The van der Waals surface area contributed by atoms with E-state index in [1.54, 1.807) is 11.3 Å². The van der Waals surface area contributed by atoms with E-state index in [1.807, 2.05) is 0 Å². The first-order valence-corrected chi connectivity index (χ1v) is 6.99. The summed E-state index contributed by atoms with van der Waals surface area (Å²) in [7, 11) is 0. The smallest absolute Gasteiger partial charge is 0.107 e. The molecule has 3 unspecified atom stereocenters. The van der Waals surface area contributed by atoms with E-state index < -0.39 is 0 Å². The third-order valence-electron chi connectivity index (χ3n) is 3.77. The first-order chi connectivity index (χ1) is 7.81. The maximum Gasteiger partial charge on any atom is 0.107 e. The fraction of sp³-hybridized carbons (Fsp3) is 0.615. The van der Waals surface area contributed by atoms with Crippen LogP contribution in [-0.4, -0.2) is 11.5 Å². The van der Waals surface area contributed by atoms with Crippen LogP contribution in [0.1, 0.15) is 23.5 Å². The van der Waals surface area contributed by atoms with Crippen LogP contribution >= 0.6 is 11.3 Å². The normalized spacial score (nSPS) is 31.4. The lowest BCUT2D eigenvalue weighted by Crippen LogP contribution is -2.25. The van der Waals surface area contributed by atoms with Gasteiger partial charge in [0.05, 0.1) is 0 Å². The first kappa shape index (κ1) is 10.5. The van der Waals surface area contributed by atoms with Gasteiger partial charge in [0.25, 0.3) is 0 Å². The van der Waals surface area contributed by atoms with E-state index >= 15 is 0 Å². The Morgan fingerprint density at radius 1 is 1.44 bits per heavy atom. The Bertz CT molecular complexity index is 396. The monoisotopic (exact) mass is 234 g/mol. The number of fused-ring (bicyclic) bond motifs is 2. The van der Waals surface area contributed by atoms with Crippen LogP contribution in [0.3, 0.4) is 0 Å². The van der Waals surface area contributed by atoms with Gasteiger partial charge in [-0.1, -0.05) is 12.2 Å². The van der Waals surface area contributed by atoms with Gasteiger partial charge in [-0.25, -0.2) is 4.98 Å². The SMILES string of the molecule is Cc1csc(CNCC2CC3C=CC2C3)n1. The van der Waals surface area contributed by atoms with Gasteiger partial charge in [-0.2, -0.15) is 0 Å². The minimum Gasteiger partial charge on any atom is -0.310 e. The molecule has 1 fully saturated rings. The number of allylic oxidation sites excluding steroid dienone is 2. The van der Waals surface area contributed by atoms with E-state index in [1.165, 1.54) is 17.8 Å². The predicted octanol–water partition coefficient (Wildman–Crippen LogP) is 2.75. The molecule has 0 radical (unpaired) electrons. The number of nitrogens with one attached hydrogen (secondary N) is 1. The van der Waals surface area contributed by atoms with Crippen molar-refractivity contribution >= 4 is 11.3 Å². The summed E-state index contributed by atoms with van der Waals surface area (Å²) in [5, 5.41) is 6.90. The maximum atomic E-state index is 4.46. The van der Waals surface area contributed by atoms with Gasteiger partial charge in [-0.3, -0.25) is 0 Å². The molecule has 3 atom stereocenters. The van der Waals surface area contributed by atoms with E-state index in [4.69, 9.17) is 0 Å². The minimum absolute atomic E-state index is 0.857. The van der Waals surface area contributed by atoms with Crippen molar-refractivity contribution in [3.8, 4) is 0 Å². The lowest BCUT2D eigenvalue weighted by atomic mass is 9.94. The molecule has 0 aliphatic heterocycles. The summed E-state index contributed by atoms with van der Waals surface area (Å²) in [5.41, 5.74) is 1.14. The van der Waals surface area contributed by atoms with Gasteiger partial charge in [0.15, 0.2) is 0 Å². The Hall–Kier alpha value is -0.670. The molecular weight excluding hydrogens is 216 g/mol. The minimum atomic E-state index is 0.857. The van der Waals surface area contributed by atoms with Crippen LogP contribution in [0.2, 0.25) is 0 Å². The Morgan fingerprint density at radius 2 is 2.38 bits per heavy atom. The second-order valence-electron chi connectivity index (χ2n) is 5.05. The van der Waals surface area contributed by atoms with Gasteiger partial charge in [-0.05, 0) is 44.1 Å². The highest BCUT2D eigenvalue weighted by Gasteiger charge is 2.34. The van der Waals surface area contributed by atoms with Crippen molar-refractivity contribution in [2.75, 3.05) is 6.54 Å². The molecule has 3 heteroatoms. The quantitative estimate of drug-likeness (QED) is 0.810. The molecule has 0 amide bonds. The topological polar surface area (TPSA) is 24.9 Å². The summed E-state index contributed by atoms with van der Waals surface area (Å²) < 4.78 is 0. The Morgan fingerprint density at radius 3 is 3.00 bits per heavy atom. The number of thiazole rings is 1. The third kappa shape index (κ3) is 2.06. The van der Waals surface area contributed by atoms with Crippen molar-refractivity contribution in [2.24, 2.45) is 17.8 Å². The molecule has 0 saturated heterocycles. The molecule has 1 N–H and O–H groups in total. The molecule has 86 valence electrons. The van der Waals surface area contributed by atoms with Crippen molar-refractivity contribution < 1.29 is 0 Å². The van der Waals surface area contributed by atoms with Crippen LogP contribution in [0, 0.1) is 24.7 Å². The number of hydrogen-bond acceptors (Lipinski definition) is 3. The van der Waals surface area contributed by atoms with Gasteiger partial charge in [0, 0.05) is 17.6 Å². The number of hydrogen-bond donors (Lipinski definition) is 1. The molecule has 3 rings (SSSR count). The zero-order valence-corrected chi connectivity index (χ0v) is 10.5. The van der Waals surface area contributed by atoms with Crippen molar-refractivity contribution in [1.82, 2.24) is 10.3 Å². The predicted molar refractivity (Wildman–Crippen MR) is 67.4 cm³/mol. The zero-order chi connectivity index (χ0) is 11.0. The third-order valence-corrected chi connectivity index (χ3v) is 4.73. The van der Waals surface area contributed by atoms with Crippen molar-refractivity contribution in [1.29, 1.82) is 0 Å². The molecular formula is C13H18N2S. The highest BCUT2D eigenvalue weighted by atomic mass is 32.1. The van der Waals surface area contributed by atoms with E-state index in [9.17, 15) is 0 Å². The second kappa shape index (κ2) is 4.30. The fourth-order valence-corrected chi connectivity index (χ4v) is 3.72. The van der Waals surface area contributed by atoms with Crippen LogP contribution in [0.4, 0.5) is 0 Å². The Balaban J connectivity index is 1.46. The highest BCUT2D eigenvalue weighted by Crippen LogP contribution is 2.42. The molecule has 2 aliphatic carbocycles.